The topological polar surface area (TPSA) is 73.1 Å². The molecule has 152 valence electrons. The molecule has 0 saturated carbocycles. The molecule has 7 heteroatoms. The number of aryl methyl sites for hydroxylation is 2. The number of anilines is 1. The number of nitrogens with one attached hydrogen (secondary N) is 1. The average molecular weight is 460 g/mol. The molecule has 30 heavy (non-hydrogen) atoms. The van der Waals surface area contributed by atoms with Crippen molar-refractivity contribution in [3.63, 3.8) is 0 Å². The minimum atomic E-state index is -0.562. The first-order valence-electron chi connectivity index (χ1n) is 8.97. The van der Waals surface area contributed by atoms with Gasteiger partial charge in [0.15, 0.2) is 0 Å². The number of benzene rings is 3. The van der Waals surface area contributed by atoms with E-state index in [4.69, 9.17) is 34.8 Å². The quantitative estimate of drug-likeness (QED) is 0.447. The van der Waals surface area contributed by atoms with Gasteiger partial charge >= 0.3 is 0 Å². The third kappa shape index (κ3) is 4.39. The molecule has 0 spiro atoms. The normalized spacial score (nSPS) is 11.6. The number of carbonyl (C=O) groups is 1. The van der Waals surface area contributed by atoms with Crippen molar-refractivity contribution in [1.29, 1.82) is 5.26 Å². The van der Waals surface area contributed by atoms with Gasteiger partial charge in [-0.05, 0) is 48.7 Å². The van der Waals surface area contributed by atoms with Gasteiger partial charge in [-0.3, -0.25) is 4.79 Å². The first kappa shape index (κ1) is 22.0. The summed E-state index contributed by atoms with van der Waals surface area (Å²) < 4.78 is 0. The summed E-state index contributed by atoms with van der Waals surface area (Å²) >= 11 is 18.2. The monoisotopic (exact) mass is 458 g/mol. The van der Waals surface area contributed by atoms with Crippen LogP contribution in [0, 0.1) is 25.2 Å². The second-order valence-corrected chi connectivity index (χ2v) is 8.07. The lowest BCUT2D eigenvalue weighted by molar-refractivity contribution is 0.102. The maximum Gasteiger partial charge on any atom is 0.259 e. The summed E-state index contributed by atoms with van der Waals surface area (Å²) in [4.78, 5) is 12.6. The maximum absolute atomic E-state index is 12.6. The number of hydrogen-bond acceptors (Lipinski definition) is 3. The highest BCUT2D eigenvalue weighted by atomic mass is 35.5. The van der Waals surface area contributed by atoms with E-state index in [9.17, 15) is 15.2 Å². The highest BCUT2D eigenvalue weighted by molar-refractivity contribution is 6.43. The molecule has 0 aromatic heterocycles. The summed E-state index contributed by atoms with van der Waals surface area (Å²) in [6.45, 7) is 3.78. The SMILES string of the molecule is Cc1ccc(C(C#N)c2cc(C)c(NC(=O)c3ccc(Cl)c(Cl)c3O)cc2Cl)cc1. The van der Waals surface area contributed by atoms with E-state index in [1.807, 2.05) is 31.2 Å². The summed E-state index contributed by atoms with van der Waals surface area (Å²) in [6, 6.07) is 16.2. The average Bonchev–Trinajstić information content (AvgIpc) is 2.71. The number of aromatic hydroxyl groups is 1. The van der Waals surface area contributed by atoms with Gasteiger partial charge in [-0.1, -0.05) is 70.7 Å². The van der Waals surface area contributed by atoms with E-state index in [1.165, 1.54) is 12.1 Å². The first-order valence-corrected chi connectivity index (χ1v) is 10.1. The minimum Gasteiger partial charge on any atom is -0.505 e. The van der Waals surface area contributed by atoms with Crippen LogP contribution in [-0.2, 0) is 0 Å². The van der Waals surface area contributed by atoms with Gasteiger partial charge in [0.05, 0.1) is 22.6 Å². The number of rotatable bonds is 4. The summed E-state index contributed by atoms with van der Waals surface area (Å²) in [6.07, 6.45) is 0. The highest BCUT2D eigenvalue weighted by Gasteiger charge is 2.21. The molecule has 1 atom stereocenters. The molecule has 0 aliphatic heterocycles. The smallest absolute Gasteiger partial charge is 0.259 e. The van der Waals surface area contributed by atoms with Crippen molar-refractivity contribution in [2.24, 2.45) is 0 Å². The Morgan fingerprint density at radius 2 is 1.70 bits per heavy atom. The second-order valence-electron chi connectivity index (χ2n) is 6.87. The van der Waals surface area contributed by atoms with Gasteiger partial charge in [-0.15, -0.1) is 0 Å². The number of carbonyl (C=O) groups excluding carboxylic acids is 1. The third-order valence-corrected chi connectivity index (χ3v) is 5.88. The molecule has 0 saturated heterocycles. The zero-order valence-electron chi connectivity index (χ0n) is 16.1. The molecular formula is C23H17Cl3N2O2. The van der Waals surface area contributed by atoms with Crippen molar-refractivity contribution < 1.29 is 9.90 Å². The molecule has 0 aliphatic rings. The van der Waals surface area contributed by atoms with Crippen molar-refractivity contribution in [3.8, 4) is 11.8 Å². The maximum atomic E-state index is 12.6. The van der Waals surface area contributed by atoms with Crippen LogP contribution in [0.25, 0.3) is 0 Å². The number of phenols is 1. The predicted molar refractivity (Wildman–Crippen MR) is 121 cm³/mol. The van der Waals surface area contributed by atoms with Crippen LogP contribution in [0.2, 0.25) is 15.1 Å². The van der Waals surface area contributed by atoms with E-state index < -0.39 is 17.6 Å². The summed E-state index contributed by atoms with van der Waals surface area (Å²) in [7, 11) is 0. The van der Waals surface area contributed by atoms with E-state index in [2.05, 4.69) is 11.4 Å². The molecule has 2 N–H and O–H groups in total. The zero-order chi connectivity index (χ0) is 22.0. The van der Waals surface area contributed by atoms with Gasteiger partial charge in [0, 0.05) is 10.7 Å². The number of phenolic OH excluding ortho intramolecular Hbond substituents is 1. The zero-order valence-corrected chi connectivity index (χ0v) is 18.4. The molecule has 3 rings (SSSR count). The number of nitrogens with zero attached hydrogens (tertiary/aromatic N) is 1. The molecule has 1 unspecified atom stereocenters. The Morgan fingerprint density at radius 1 is 1.03 bits per heavy atom. The lowest BCUT2D eigenvalue weighted by Crippen LogP contribution is -2.13. The van der Waals surface area contributed by atoms with Crippen molar-refractivity contribution in [3.05, 3.63) is 91.4 Å². The van der Waals surface area contributed by atoms with E-state index >= 15 is 0 Å². The van der Waals surface area contributed by atoms with Gasteiger partial charge in [0.1, 0.15) is 10.8 Å². The fourth-order valence-corrected chi connectivity index (χ4v) is 3.65. The van der Waals surface area contributed by atoms with Crippen LogP contribution in [-0.4, -0.2) is 11.0 Å². The van der Waals surface area contributed by atoms with Crippen LogP contribution in [0.1, 0.15) is 38.5 Å². The Hall–Kier alpha value is -2.71. The van der Waals surface area contributed by atoms with Gasteiger partial charge in [0.2, 0.25) is 0 Å². The first-order chi connectivity index (χ1) is 14.2. The molecule has 0 bridgehead atoms. The van der Waals surface area contributed by atoms with Crippen LogP contribution in [0.4, 0.5) is 5.69 Å². The molecule has 4 nitrogen and oxygen atoms in total. The van der Waals surface area contributed by atoms with Crippen LogP contribution in [0.3, 0.4) is 0 Å². The number of hydrogen-bond donors (Lipinski definition) is 2. The molecule has 0 fully saturated rings. The third-order valence-electron chi connectivity index (χ3n) is 4.76. The van der Waals surface area contributed by atoms with Gasteiger partial charge in [0.25, 0.3) is 5.91 Å². The molecule has 3 aromatic carbocycles. The standard InChI is InChI=1S/C23H17Cl3N2O2/c1-12-3-5-14(6-4-12)17(11-27)16-9-13(2)20(10-19(16)25)28-23(30)15-7-8-18(24)21(26)22(15)29/h3-10,17,29H,1-2H3,(H,28,30). The Labute approximate surface area is 189 Å². The molecule has 0 radical (unpaired) electrons. The lowest BCUT2D eigenvalue weighted by Gasteiger charge is -2.16. The Kier molecular flexibility index (Phi) is 6.58. The molecule has 0 aliphatic carbocycles. The molecule has 0 heterocycles. The number of amides is 1. The van der Waals surface area contributed by atoms with E-state index in [-0.39, 0.29) is 15.6 Å². The van der Waals surface area contributed by atoms with Crippen LogP contribution >= 0.6 is 34.8 Å². The number of nitriles is 1. The fraction of sp³-hybridized carbons (Fsp3) is 0.130. The lowest BCUT2D eigenvalue weighted by atomic mass is 9.90. The predicted octanol–water partition coefficient (Wildman–Crippen LogP) is 6.88. The van der Waals surface area contributed by atoms with Crippen molar-refractivity contribution in [1.82, 2.24) is 0 Å². The van der Waals surface area contributed by atoms with Gasteiger partial charge in [-0.25, -0.2) is 0 Å². The molecule has 3 aromatic rings. The van der Waals surface area contributed by atoms with Crippen molar-refractivity contribution in [2.75, 3.05) is 5.32 Å². The summed E-state index contributed by atoms with van der Waals surface area (Å²) in [5, 5.41) is 23.0. The van der Waals surface area contributed by atoms with Crippen LogP contribution in [0.15, 0.2) is 48.5 Å². The Balaban J connectivity index is 1.93. The highest BCUT2D eigenvalue weighted by Crippen LogP contribution is 2.36. The van der Waals surface area contributed by atoms with Crippen LogP contribution < -0.4 is 5.32 Å². The van der Waals surface area contributed by atoms with E-state index in [0.29, 0.717) is 16.3 Å². The summed E-state index contributed by atoms with van der Waals surface area (Å²) in [5.41, 5.74) is 3.74. The Bertz CT molecular complexity index is 1170. The fourth-order valence-electron chi connectivity index (χ4n) is 3.06. The van der Waals surface area contributed by atoms with Crippen molar-refractivity contribution >= 4 is 46.4 Å². The van der Waals surface area contributed by atoms with Gasteiger partial charge in [-0.2, -0.15) is 5.26 Å². The minimum absolute atomic E-state index is 0.0152. The summed E-state index contributed by atoms with van der Waals surface area (Å²) in [5.74, 6) is -1.50. The van der Waals surface area contributed by atoms with Crippen molar-refractivity contribution in [2.45, 2.75) is 19.8 Å². The molecule has 1 amide bonds. The molecular weight excluding hydrogens is 443 g/mol. The van der Waals surface area contributed by atoms with E-state index in [0.717, 1.165) is 16.7 Å². The van der Waals surface area contributed by atoms with Gasteiger partial charge < -0.3 is 10.4 Å². The number of halogens is 3. The largest absolute Gasteiger partial charge is 0.505 e. The van der Waals surface area contributed by atoms with Crippen LogP contribution in [0.5, 0.6) is 5.75 Å². The van der Waals surface area contributed by atoms with E-state index in [1.54, 1.807) is 19.1 Å². The Morgan fingerprint density at radius 3 is 2.33 bits per heavy atom. The second kappa shape index (κ2) is 8.97.